The lowest BCUT2D eigenvalue weighted by Crippen LogP contribution is -2.50. The van der Waals surface area contributed by atoms with E-state index < -0.39 is 29.2 Å². The summed E-state index contributed by atoms with van der Waals surface area (Å²) in [5.41, 5.74) is 38.0. The molecule has 0 bridgehead atoms. The quantitative estimate of drug-likeness (QED) is 0.00807. The lowest BCUT2D eigenvalue weighted by atomic mass is 9.75. The molecule has 3 aliphatic heterocycles. The number of halogens is 3. The number of nitrogens with two attached hydrogens (primary N) is 6. The van der Waals surface area contributed by atoms with Gasteiger partial charge in [0.1, 0.15) is 0 Å². The number of aliphatic imine (C=N–C) groups is 3. The fourth-order valence-corrected chi connectivity index (χ4v) is 16.9. The molecule has 9 aromatic carbocycles. The van der Waals surface area contributed by atoms with E-state index in [4.69, 9.17) is 34.4 Å². The third-order valence-electron chi connectivity index (χ3n) is 23.8. The maximum absolute atomic E-state index is 14.1. The van der Waals surface area contributed by atoms with Crippen molar-refractivity contribution in [2.75, 3.05) is 78.5 Å². The van der Waals surface area contributed by atoms with Crippen molar-refractivity contribution >= 4 is 80.9 Å². The van der Waals surface area contributed by atoms with Crippen molar-refractivity contribution < 1.29 is 41.9 Å². The van der Waals surface area contributed by atoms with Crippen LogP contribution in [0.5, 0.6) is 0 Å². The van der Waals surface area contributed by atoms with Gasteiger partial charge in [-0.05, 0) is 175 Å². The Morgan fingerprint density at radius 1 is 0.448 bits per heavy atom. The second-order valence-corrected chi connectivity index (χ2v) is 33.0. The van der Waals surface area contributed by atoms with Gasteiger partial charge in [0.15, 0.2) is 17.9 Å². The van der Waals surface area contributed by atoms with Crippen molar-refractivity contribution in [1.82, 2.24) is 46.6 Å². The molecular formula is C98H121F3N18O6. The first kappa shape index (κ1) is 93.2. The summed E-state index contributed by atoms with van der Waals surface area (Å²) < 4.78 is 38.5. The maximum atomic E-state index is 14.1. The maximum Gasteiger partial charge on any atom is 0.416 e. The molecule has 13 rings (SSSR count). The Morgan fingerprint density at radius 3 is 1.26 bits per heavy atom. The highest BCUT2D eigenvalue weighted by atomic mass is 19.4. The highest BCUT2D eigenvalue weighted by Crippen LogP contribution is 2.36. The second kappa shape index (κ2) is 46.9. The first-order valence-electron chi connectivity index (χ1n) is 43.6. The third-order valence-corrected chi connectivity index (χ3v) is 23.8. The molecule has 0 aromatic heterocycles. The normalized spacial score (nSPS) is 18.4. The predicted molar refractivity (Wildman–Crippen MR) is 492 cm³/mol. The molecule has 4 fully saturated rings. The molecule has 24 nitrogen and oxygen atoms in total. The van der Waals surface area contributed by atoms with Gasteiger partial charge < -0.3 is 81.0 Å². The molecule has 6 amide bonds. The highest BCUT2D eigenvalue weighted by molar-refractivity contribution is 6.00. The average Bonchev–Trinajstić information content (AvgIpc) is 1.76. The van der Waals surface area contributed by atoms with E-state index in [2.05, 4.69) is 107 Å². The minimum absolute atomic E-state index is 0.00437. The van der Waals surface area contributed by atoms with Gasteiger partial charge in [-0.2, -0.15) is 13.2 Å². The summed E-state index contributed by atoms with van der Waals surface area (Å²) >= 11 is 0. The highest BCUT2D eigenvalue weighted by Gasteiger charge is 2.39. The molecule has 0 radical (unpaired) electrons. The molecule has 0 spiro atoms. The number of nitrogens with one attached hydrogen (secondary N) is 6. The Labute approximate surface area is 731 Å². The molecule has 4 aliphatic rings. The molecule has 27 heteroatoms. The Bertz CT molecular complexity index is 5010. The van der Waals surface area contributed by atoms with E-state index in [1.807, 2.05) is 168 Å². The van der Waals surface area contributed by atoms with E-state index in [9.17, 15) is 41.9 Å². The van der Waals surface area contributed by atoms with E-state index in [1.54, 1.807) is 0 Å². The molecule has 0 unspecified atom stereocenters. The van der Waals surface area contributed by atoms with Gasteiger partial charge in [-0.25, -0.2) is 0 Å². The standard InChI is InChI=1S/C36H42N6O2.C34H39F3N6O2.C28H40N6O2/c1-36(29-13-4-2-5-14-29,30-15-6-3-7-16-30)25-42-22-20-31(41-32(34(42)44)17-10-21-39-35(37)38)24-40-33(43)28-19-18-26-11-8-9-12-27(26)23-28;35-34(36,37)27-16-13-24(14-17-27)15-18-31(44)41-22-28-19-21-43(32(45)30(42-28)12-7-20-40-33(38)39)23-29(25-8-3-1-4-9-25)26-10-5-2-6-11-26;29-28(30)31-15-6-11-25-27(36)34(19-20-7-2-1-3-8-20)16-14-24(33-25)18-32-26(35)23-13-12-21-9-4-5-10-22(21)17-23/h2-9,11-16,18-19,23,31-32,41H,10,17,20-22,24-25H2,1H3,(H,40,43)(H4,37,38,39);1-6,8-11,13-18,28-30,42H,7,12,19-23H2,(H,41,44)(H4,38,39,40);4-5,9-10,12-13,17,20,24-25,33H,1-3,6-8,11,14-16,18-19H2,(H,32,35)(H4,29,30,31)/b;18-15+;/t31-,32-;28-,30-;24-,25-/m000/s1. The van der Waals surface area contributed by atoms with Crippen molar-refractivity contribution in [3.05, 3.63) is 281 Å². The molecule has 18 N–H and O–H groups in total. The summed E-state index contributed by atoms with van der Waals surface area (Å²) in [5, 5.41) is 23.9. The number of rotatable bonds is 32. The van der Waals surface area contributed by atoms with Crippen molar-refractivity contribution in [3.63, 3.8) is 0 Å². The van der Waals surface area contributed by atoms with Gasteiger partial charge in [0.2, 0.25) is 23.6 Å². The molecule has 1 aliphatic carbocycles. The Hall–Kier alpha value is -12.5. The molecule has 6 atom stereocenters. The van der Waals surface area contributed by atoms with Crippen molar-refractivity contribution in [3.8, 4) is 0 Å². The monoisotopic (exact) mass is 1700 g/mol. The number of guanidine groups is 3. The Morgan fingerprint density at radius 2 is 0.832 bits per heavy atom. The van der Waals surface area contributed by atoms with Crippen LogP contribution in [0, 0.1) is 5.92 Å². The summed E-state index contributed by atoms with van der Waals surface area (Å²) in [6.07, 6.45) is 10.4. The summed E-state index contributed by atoms with van der Waals surface area (Å²) in [5.74, 6) is 0.260. The number of carbonyl (C=O) groups is 6. The number of amides is 6. The largest absolute Gasteiger partial charge is 0.416 e. The smallest absolute Gasteiger partial charge is 0.370 e. The van der Waals surface area contributed by atoms with Crippen LogP contribution in [0.15, 0.2) is 252 Å². The van der Waals surface area contributed by atoms with Crippen LogP contribution in [-0.4, -0.2) is 183 Å². The van der Waals surface area contributed by atoms with Crippen LogP contribution in [0.3, 0.4) is 0 Å². The summed E-state index contributed by atoms with van der Waals surface area (Å²) in [7, 11) is 0. The van der Waals surface area contributed by atoms with E-state index in [0.29, 0.717) is 133 Å². The molecular weight excluding hydrogens is 1580 g/mol. The number of hydrogen-bond acceptors (Lipinski definition) is 12. The molecule has 660 valence electrons. The predicted octanol–water partition coefficient (Wildman–Crippen LogP) is 11.2. The first-order chi connectivity index (χ1) is 60.4. The minimum Gasteiger partial charge on any atom is -0.370 e. The number of carbonyl (C=O) groups excluding carboxylic acids is 6. The molecule has 125 heavy (non-hydrogen) atoms. The summed E-state index contributed by atoms with van der Waals surface area (Å²) in [6, 6.07) is 71.5. The average molecular weight is 1700 g/mol. The van der Waals surface area contributed by atoms with Crippen LogP contribution in [0.2, 0.25) is 0 Å². The third kappa shape index (κ3) is 28.5. The lowest BCUT2D eigenvalue weighted by Gasteiger charge is -2.37. The number of fused-ring (bicyclic) bond motifs is 2. The second-order valence-electron chi connectivity index (χ2n) is 33.0. The summed E-state index contributed by atoms with van der Waals surface area (Å²) in [6.45, 7) is 8.33. The van der Waals surface area contributed by atoms with E-state index in [0.717, 1.165) is 75.3 Å². The van der Waals surface area contributed by atoms with Gasteiger partial charge in [0.05, 0.1) is 23.7 Å². The molecule has 3 saturated heterocycles. The van der Waals surface area contributed by atoms with Crippen LogP contribution in [0.25, 0.3) is 27.6 Å². The zero-order valence-electron chi connectivity index (χ0n) is 71.3. The van der Waals surface area contributed by atoms with Crippen LogP contribution < -0.4 is 66.3 Å². The van der Waals surface area contributed by atoms with Gasteiger partial charge in [0.25, 0.3) is 11.8 Å². The van der Waals surface area contributed by atoms with Gasteiger partial charge >= 0.3 is 6.18 Å². The van der Waals surface area contributed by atoms with Crippen molar-refractivity contribution in [2.45, 2.75) is 151 Å². The SMILES string of the molecule is CC(CN1CC[C@@H](CNC(=O)c2ccc3ccccc3c2)N[C@@H](CCCN=C(N)N)C1=O)(c1ccccc1)c1ccccc1.NC(N)=NCCC[C@@H]1N[C@H](CNC(=O)/C=C/c2ccc(C(F)(F)F)cc2)CCN(CC(c2ccccc2)c2ccccc2)C1=O.NC(N)=NCCC[C@@H]1N[C@H](CNC(=O)c2ccc3ccccc3c2)CCN(CC2CCCCC2)C1=O. The van der Waals surface area contributed by atoms with Crippen LogP contribution in [0.1, 0.15) is 157 Å². The number of benzene rings is 9. The first-order valence-corrected chi connectivity index (χ1v) is 43.6. The van der Waals surface area contributed by atoms with Gasteiger partial charge in [-0.1, -0.05) is 213 Å². The number of alkyl halides is 3. The van der Waals surface area contributed by atoms with Gasteiger partial charge in [0, 0.05) is 125 Å². The van der Waals surface area contributed by atoms with Crippen LogP contribution in [0.4, 0.5) is 13.2 Å². The topological polar surface area (TPSA) is 378 Å². The fraction of sp³-hybridized carbons (Fsp3) is 0.378. The van der Waals surface area contributed by atoms with Gasteiger partial charge in [-0.3, -0.25) is 43.7 Å². The Kier molecular flexibility index (Phi) is 35.0. The number of nitrogens with zero attached hydrogens (tertiary/aromatic N) is 6. The van der Waals surface area contributed by atoms with Crippen molar-refractivity contribution in [1.29, 1.82) is 0 Å². The van der Waals surface area contributed by atoms with Gasteiger partial charge in [-0.15, -0.1) is 0 Å². The fourth-order valence-electron chi connectivity index (χ4n) is 16.9. The molecule has 9 aromatic rings. The van der Waals surface area contributed by atoms with Crippen LogP contribution in [-0.2, 0) is 30.8 Å². The van der Waals surface area contributed by atoms with Crippen LogP contribution >= 0.6 is 0 Å². The Balaban J connectivity index is 0.000000183. The van der Waals surface area contributed by atoms with E-state index in [-0.39, 0.29) is 90.0 Å². The zero-order valence-corrected chi connectivity index (χ0v) is 71.3. The van der Waals surface area contributed by atoms with E-state index >= 15 is 0 Å². The molecule has 3 heterocycles. The van der Waals surface area contributed by atoms with Crippen molar-refractivity contribution in [2.24, 2.45) is 55.3 Å². The number of hydrogen-bond donors (Lipinski definition) is 12. The zero-order chi connectivity index (χ0) is 88.5. The lowest BCUT2D eigenvalue weighted by molar-refractivity contribution is -0.137. The minimum atomic E-state index is -4.42. The summed E-state index contributed by atoms with van der Waals surface area (Å²) in [4.78, 5) is 98.3. The van der Waals surface area contributed by atoms with E-state index in [1.165, 1.54) is 56.4 Å². The molecule has 1 saturated carbocycles.